The smallest absolute Gasteiger partial charge is 0.418 e. The summed E-state index contributed by atoms with van der Waals surface area (Å²) in [6.07, 6.45) is 0. The molecule has 7 nitrogen and oxygen atoms in total. The van der Waals surface area contributed by atoms with Gasteiger partial charge in [0.05, 0.1) is 0 Å². The predicted octanol–water partition coefficient (Wildman–Crippen LogP) is -3.18. The van der Waals surface area contributed by atoms with Crippen LogP contribution in [0.25, 0.3) is 0 Å². The summed E-state index contributed by atoms with van der Waals surface area (Å²) in [6.45, 7) is 0. The molecular weight excluding hydrogens is 351 g/mol. The second-order valence-electron chi connectivity index (χ2n) is 0.990. The molecule has 0 amide bonds. The van der Waals surface area contributed by atoms with Gasteiger partial charge in [0.1, 0.15) is 0 Å². The van der Waals surface area contributed by atoms with E-state index in [9.17, 15) is 34.5 Å². The first kappa shape index (κ1) is 81.8. The number of hydrogen-bond acceptors (Lipinski definition) is 0. The molecule has 0 aliphatic carbocycles. The van der Waals surface area contributed by atoms with Crippen LogP contribution in [0, 0.1) is 0 Å². The summed E-state index contributed by atoms with van der Waals surface area (Å²) in [7, 11) is -12.0. The summed E-state index contributed by atoms with van der Waals surface area (Å²) in [5, 5.41) is 0. The van der Waals surface area contributed by atoms with Crippen LogP contribution in [0.3, 0.4) is 0 Å². The minimum Gasteiger partial charge on any atom is -0.418 e. The van der Waals surface area contributed by atoms with Gasteiger partial charge in [0.15, 0.2) is 0 Å². The average molecular weight is 365 g/mol. The molecule has 14 N–H and O–H groups in total. The topological polar surface area (TPSA) is 220 Å². The molecule has 0 radical (unpaired) electrons. The third kappa shape index (κ3) is 470000. The molecule has 0 aromatic rings. The maximum Gasteiger partial charge on any atom is 2.00 e. The molecule has 0 saturated heterocycles. The van der Waals surface area contributed by atoms with Crippen molar-refractivity contribution in [2.75, 3.05) is 0 Å². The molecule has 0 aliphatic heterocycles. The Morgan fingerprint density at radius 2 is 0.333 bits per heavy atom. The van der Waals surface area contributed by atoms with Crippen molar-refractivity contribution in [1.82, 2.24) is 0 Å². The normalized spacial score (nSPS) is 6.67. The van der Waals surface area contributed by atoms with E-state index < -0.39 is 14.5 Å². The van der Waals surface area contributed by atoms with E-state index in [1.54, 1.807) is 0 Å². The summed E-state index contributed by atoms with van der Waals surface area (Å²) in [5.74, 6) is 0. The maximum atomic E-state index is 9.75. The van der Waals surface area contributed by atoms with Crippen molar-refractivity contribution >= 4 is 14.5 Å². The molecule has 18 heteroatoms. The fraction of sp³-hybridized carbons (Fsp3) is 0. The Balaban J connectivity index is -0.00000000615. The van der Waals surface area contributed by atoms with Gasteiger partial charge in [-0.15, -0.1) is 0 Å². The van der Waals surface area contributed by atoms with Gasteiger partial charge in [-0.2, -0.15) is 0 Å². The third-order valence-corrected chi connectivity index (χ3v) is 0. The van der Waals surface area contributed by atoms with Gasteiger partial charge in [-0.1, -0.05) is 0 Å². The molecule has 0 aromatic carbocycles. The Bertz CT molecular complexity index is 72.4. The van der Waals surface area contributed by atoms with E-state index >= 15 is 0 Å². The largest absolute Gasteiger partial charge is 2.00 e. The first-order valence-corrected chi connectivity index (χ1v) is 1.75. The molecule has 0 spiro atoms. The van der Waals surface area contributed by atoms with Crippen LogP contribution in [0.4, 0.5) is 34.5 Å². The fourth-order valence-electron chi connectivity index (χ4n) is 0. The van der Waals surface area contributed by atoms with Crippen LogP contribution in [0.15, 0.2) is 0 Å². The van der Waals surface area contributed by atoms with E-state index in [-0.39, 0.29) is 57.8 Å². The molecular formula is H14B2F8O7Zn. The van der Waals surface area contributed by atoms with E-state index in [2.05, 4.69) is 0 Å². The maximum absolute atomic E-state index is 9.75. The first-order chi connectivity index (χ1) is 4.00. The van der Waals surface area contributed by atoms with Gasteiger partial charge in [-0.25, -0.2) is 0 Å². The summed E-state index contributed by atoms with van der Waals surface area (Å²) >= 11 is 0. The molecule has 18 heavy (non-hydrogen) atoms. The van der Waals surface area contributed by atoms with Crippen molar-refractivity contribution in [3.8, 4) is 0 Å². The van der Waals surface area contributed by atoms with E-state index in [1.807, 2.05) is 0 Å². The number of hydrogen-bond donors (Lipinski definition) is 0. The Labute approximate surface area is 108 Å². The minimum atomic E-state index is -6.00. The van der Waals surface area contributed by atoms with Crippen LogP contribution in [-0.4, -0.2) is 52.8 Å². The second kappa shape index (κ2) is 30.2. The summed E-state index contributed by atoms with van der Waals surface area (Å²) in [5.41, 5.74) is 0. The number of halogens is 8. The molecule has 0 bridgehead atoms. The number of rotatable bonds is 0. The van der Waals surface area contributed by atoms with Gasteiger partial charge < -0.3 is 72.9 Å². The molecule has 120 valence electrons. The van der Waals surface area contributed by atoms with Gasteiger partial charge in [0.2, 0.25) is 0 Å². The summed E-state index contributed by atoms with van der Waals surface area (Å²) < 4.78 is 78.0. The van der Waals surface area contributed by atoms with Gasteiger partial charge in [0.25, 0.3) is 0 Å². The quantitative estimate of drug-likeness (QED) is 0.306. The Morgan fingerprint density at radius 3 is 0.333 bits per heavy atom. The van der Waals surface area contributed by atoms with E-state index in [0.717, 1.165) is 0 Å². The van der Waals surface area contributed by atoms with Gasteiger partial charge >= 0.3 is 34.0 Å². The summed E-state index contributed by atoms with van der Waals surface area (Å²) in [6, 6.07) is 0. The van der Waals surface area contributed by atoms with Crippen LogP contribution in [0.5, 0.6) is 0 Å². The van der Waals surface area contributed by atoms with Crippen LogP contribution >= 0.6 is 0 Å². The molecule has 0 atom stereocenters. The van der Waals surface area contributed by atoms with Crippen molar-refractivity contribution in [2.24, 2.45) is 0 Å². The SMILES string of the molecule is F[B-](F)(F)F.F[B-](F)(F)F.O.O.O.O.O.O.O.[Zn+2]. The minimum absolute atomic E-state index is 0. The molecule has 0 saturated carbocycles. The van der Waals surface area contributed by atoms with Crippen molar-refractivity contribution < 1.29 is 92.3 Å². The average Bonchev–Trinajstić information content (AvgIpc) is 1.12. The first-order valence-electron chi connectivity index (χ1n) is 1.75. The van der Waals surface area contributed by atoms with Gasteiger partial charge in [-0.3, -0.25) is 0 Å². The molecule has 0 rings (SSSR count). The molecule has 0 aromatic heterocycles. The van der Waals surface area contributed by atoms with Crippen molar-refractivity contribution in [2.45, 2.75) is 0 Å². The van der Waals surface area contributed by atoms with Gasteiger partial charge in [0, 0.05) is 0 Å². The van der Waals surface area contributed by atoms with E-state index in [0.29, 0.717) is 0 Å². The van der Waals surface area contributed by atoms with Crippen LogP contribution in [0.1, 0.15) is 0 Å². The molecule has 0 unspecified atom stereocenters. The van der Waals surface area contributed by atoms with Crippen molar-refractivity contribution in [1.29, 1.82) is 0 Å². The van der Waals surface area contributed by atoms with Crippen molar-refractivity contribution in [3.63, 3.8) is 0 Å². The van der Waals surface area contributed by atoms with Crippen LogP contribution in [0.2, 0.25) is 0 Å². The van der Waals surface area contributed by atoms with Crippen LogP contribution < -0.4 is 0 Å². The zero-order valence-electron chi connectivity index (χ0n) is 8.39. The zero-order valence-corrected chi connectivity index (χ0v) is 11.4. The molecule has 0 heterocycles. The predicted molar refractivity (Wildman–Crippen MR) is 45.7 cm³/mol. The Morgan fingerprint density at radius 1 is 0.333 bits per heavy atom. The standard InChI is InChI=1S/2BF4.7H2O.Zn/c2*2-1(3,4)5;;;;;;;;/h;;7*1H2;/q2*-1;;;;;;;;+2. The van der Waals surface area contributed by atoms with E-state index in [4.69, 9.17) is 0 Å². The summed E-state index contributed by atoms with van der Waals surface area (Å²) in [4.78, 5) is 0. The van der Waals surface area contributed by atoms with Gasteiger partial charge in [-0.05, 0) is 0 Å². The zero-order chi connectivity index (χ0) is 9.00. The molecule has 0 aliphatic rings. The van der Waals surface area contributed by atoms with Crippen molar-refractivity contribution in [3.05, 3.63) is 0 Å². The third-order valence-electron chi connectivity index (χ3n) is 0. The monoisotopic (exact) mass is 364 g/mol. The molecule has 0 fully saturated rings. The fourth-order valence-corrected chi connectivity index (χ4v) is 0. The van der Waals surface area contributed by atoms with Crippen LogP contribution in [-0.2, 0) is 19.5 Å². The second-order valence-corrected chi connectivity index (χ2v) is 0.990. The Kier molecular flexibility index (Phi) is 137. The van der Waals surface area contributed by atoms with E-state index in [1.165, 1.54) is 0 Å². The Hall–Kier alpha value is -0.0868.